The maximum Gasteiger partial charge on any atom is 0.247 e. The number of aromatic nitrogens is 2. The number of rotatable bonds is 6. The molecule has 2 aromatic carbocycles. The average molecular weight is 413 g/mol. The summed E-state index contributed by atoms with van der Waals surface area (Å²) in [5.74, 6) is 2.07. The minimum atomic E-state index is 0.0553. The first-order chi connectivity index (χ1) is 14.2. The summed E-state index contributed by atoms with van der Waals surface area (Å²) in [5.41, 5.74) is 1.99. The van der Waals surface area contributed by atoms with Gasteiger partial charge in [0.05, 0.1) is 18.3 Å². The van der Waals surface area contributed by atoms with Crippen molar-refractivity contribution >= 4 is 17.3 Å². The van der Waals surface area contributed by atoms with Crippen molar-refractivity contribution in [1.82, 2.24) is 15.1 Å². The molecule has 4 rings (SSSR count). The van der Waals surface area contributed by atoms with Crippen LogP contribution >= 0.6 is 11.6 Å². The molecule has 0 bridgehead atoms. The third-order valence-electron chi connectivity index (χ3n) is 5.24. The fraction of sp³-hybridized carbons (Fsp3) is 0.364. The van der Waals surface area contributed by atoms with Gasteiger partial charge in [0.25, 0.3) is 0 Å². The Morgan fingerprint density at radius 2 is 1.86 bits per heavy atom. The Hall–Kier alpha value is -2.57. The van der Waals surface area contributed by atoms with Gasteiger partial charge in [-0.1, -0.05) is 29.8 Å². The highest BCUT2D eigenvalue weighted by molar-refractivity contribution is 6.30. The third-order valence-corrected chi connectivity index (χ3v) is 5.47. The minimum Gasteiger partial charge on any atom is -0.492 e. The predicted octanol–water partition coefficient (Wildman–Crippen LogP) is 4.67. The molecule has 0 radical (unpaired) electrons. The van der Waals surface area contributed by atoms with Crippen molar-refractivity contribution in [3.8, 4) is 17.2 Å². The fourth-order valence-electron chi connectivity index (χ4n) is 3.64. The molecule has 0 N–H and O–H groups in total. The number of nitrogens with zero attached hydrogens (tertiary/aromatic N) is 4. The summed E-state index contributed by atoms with van der Waals surface area (Å²) in [6.45, 7) is 8.46. The van der Waals surface area contributed by atoms with Crippen LogP contribution in [0.3, 0.4) is 0 Å². The molecule has 1 aliphatic heterocycles. The van der Waals surface area contributed by atoms with Crippen molar-refractivity contribution < 1.29 is 9.15 Å². The van der Waals surface area contributed by atoms with Crippen molar-refractivity contribution in [2.75, 3.05) is 37.7 Å². The monoisotopic (exact) mass is 412 g/mol. The Labute approximate surface area is 176 Å². The number of halogens is 1. The van der Waals surface area contributed by atoms with Gasteiger partial charge in [0.1, 0.15) is 5.75 Å². The predicted molar refractivity (Wildman–Crippen MR) is 115 cm³/mol. The second-order valence-electron chi connectivity index (χ2n) is 7.06. The number of ether oxygens (including phenoxy) is 1. The molecule has 29 heavy (non-hydrogen) atoms. The van der Waals surface area contributed by atoms with Crippen LogP contribution in [-0.4, -0.2) is 47.9 Å². The van der Waals surface area contributed by atoms with Crippen molar-refractivity contribution in [2.24, 2.45) is 0 Å². The zero-order valence-electron chi connectivity index (χ0n) is 16.7. The minimum absolute atomic E-state index is 0.0553. The summed E-state index contributed by atoms with van der Waals surface area (Å²) < 4.78 is 11.7. The van der Waals surface area contributed by atoms with E-state index in [4.69, 9.17) is 20.8 Å². The average Bonchev–Trinajstić information content (AvgIpc) is 3.24. The Balaban J connectivity index is 1.42. The number of anilines is 1. The van der Waals surface area contributed by atoms with Gasteiger partial charge in [-0.05, 0) is 44.2 Å². The van der Waals surface area contributed by atoms with Gasteiger partial charge in [0.2, 0.25) is 11.8 Å². The van der Waals surface area contributed by atoms with Crippen LogP contribution in [0.25, 0.3) is 11.5 Å². The van der Waals surface area contributed by atoms with Crippen molar-refractivity contribution in [3.63, 3.8) is 0 Å². The molecule has 1 fully saturated rings. The van der Waals surface area contributed by atoms with Crippen LogP contribution in [0, 0.1) is 0 Å². The Bertz CT molecular complexity index is 953. The first kappa shape index (κ1) is 19.7. The zero-order valence-corrected chi connectivity index (χ0v) is 17.5. The first-order valence-corrected chi connectivity index (χ1v) is 10.3. The standard InChI is InChI=1S/C22H25ClN4O2/c1-3-28-20-10-5-4-9-19(20)27-13-11-26(12-14-27)16(2)21-24-25-22(29-21)17-7-6-8-18(23)15-17/h4-10,15-16H,3,11-14H2,1-2H3. The second kappa shape index (κ2) is 8.84. The van der Waals surface area contributed by atoms with Crippen molar-refractivity contribution in [2.45, 2.75) is 19.9 Å². The van der Waals surface area contributed by atoms with Gasteiger partial charge in [0, 0.05) is 36.8 Å². The van der Waals surface area contributed by atoms with Crippen LogP contribution in [0.5, 0.6) is 5.75 Å². The molecule has 7 heteroatoms. The smallest absolute Gasteiger partial charge is 0.247 e. The van der Waals surface area contributed by atoms with Crippen LogP contribution < -0.4 is 9.64 Å². The molecule has 3 aromatic rings. The van der Waals surface area contributed by atoms with Crippen LogP contribution in [-0.2, 0) is 0 Å². The lowest BCUT2D eigenvalue weighted by molar-refractivity contribution is 0.173. The van der Waals surface area contributed by atoms with E-state index in [2.05, 4.69) is 39.1 Å². The van der Waals surface area contributed by atoms with Gasteiger partial charge in [-0.2, -0.15) is 0 Å². The van der Waals surface area contributed by atoms with E-state index in [0.29, 0.717) is 23.4 Å². The van der Waals surface area contributed by atoms with Gasteiger partial charge in [-0.3, -0.25) is 4.90 Å². The molecule has 2 heterocycles. The molecule has 0 saturated carbocycles. The van der Waals surface area contributed by atoms with Crippen LogP contribution in [0.4, 0.5) is 5.69 Å². The maximum atomic E-state index is 6.07. The first-order valence-electron chi connectivity index (χ1n) is 9.96. The van der Waals surface area contributed by atoms with E-state index in [1.165, 1.54) is 0 Å². The topological polar surface area (TPSA) is 54.6 Å². The SMILES string of the molecule is CCOc1ccccc1N1CCN(C(C)c2nnc(-c3cccc(Cl)c3)o2)CC1. The molecule has 1 unspecified atom stereocenters. The summed E-state index contributed by atoms with van der Waals surface area (Å²) in [5, 5.41) is 9.14. The molecular formula is C22H25ClN4O2. The van der Waals surface area contributed by atoms with Gasteiger partial charge in [-0.25, -0.2) is 0 Å². The number of para-hydroxylation sites is 2. The van der Waals surface area contributed by atoms with E-state index < -0.39 is 0 Å². The van der Waals surface area contributed by atoms with Crippen LogP contribution in [0.1, 0.15) is 25.8 Å². The highest BCUT2D eigenvalue weighted by Gasteiger charge is 2.27. The lowest BCUT2D eigenvalue weighted by Gasteiger charge is -2.38. The molecule has 152 valence electrons. The summed E-state index contributed by atoms with van der Waals surface area (Å²) in [4.78, 5) is 4.74. The normalized spacial score (nSPS) is 16.0. The number of hydrogen-bond donors (Lipinski definition) is 0. The molecule has 6 nitrogen and oxygen atoms in total. The highest BCUT2D eigenvalue weighted by Crippen LogP contribution is 2.31. The number of hydrogen-bond acceptors (Lipinski definition) is 6. The number of benzene rings is 2. The molecule has 1 aliphatic rings. The fourth-order valence-corrected chi connectivity index (χ4v) is 3.83. The van der Waals surface area contributed by atoms with Crippen LogP contribution in [0.15, 0.2) is 52.9 Å². The maximum absolute atomic E-state index is 6.07. The lowest BCUT2D eigenvalue weighted by atomic mass is 10.2. The Morgan fingerprint density at radius 1 is 1.07 bits per heavy atom. The van der Waals surface area contributed by atoms with E-state index >= 15 is 0 Å². The molecule has 0 aliphatic carbocycles. The van der Waals surface area contributed by atoms with E-state index in [0.717, 1.165) is 43.2 Å². The van der Waals surface area contributed by atoms with Gasteiger partial charge >= 0.3 is 0 Å². The van der Waals surface area contributed by atoms with Gasteiger partial charge < -0.3 is 14.1 Å². The summed E-state index contributed by atoms with van der Waals surface area (Å²) in [7, 11) is 0. The van der Waals surface area contributed by atoms with E-state index in [-0.39, 0.29) is 6.04 Å². The summed E-state index contributed by atoms with van der Waals surface area (Å²) in [6, 6.07) is 15.7. The summed E-state index contributed by atoms with van der Waals surface area (Å²) >= 11 is 6.07. The third kappa shape index (κ3) is 4.38. The molecule has 0 spiro atoms. The van der Waals surface area contributed by atoms with Crippen LogP contribution in [0.2, 0.25) is 5.02 Å². The van der Waals surface area contributed by atoms with E-state index in [1.807, 2.05) is 43.3 Å². The largest absolute Gasteiger partial charge is 0.492 e. The lowest BCUT2D eigenvalue weighted by Crippen LogP contribution is -2.47. The van der Waals surface area contributed by atoms with Crippen molar-refractivity contribution in [3.05, 3.63) is 59.4 Å². The Morgan fingerprint density at radius 3 is 2.62 bits per heavy atom. The summed E-state index contributed by atoms with van der Waals surface area (Å²) in [6.07, 6.45) is 0. The number of piperazine rings is 1. The highest BCUT2D eigenvalue weighted by atomic mass is 35.5. The van der Waals surface area contributed by atoms with Gasteiger partial charge in [-0.15, -0.1) is 10.2 Å². The quantitative estimate of drug-likeness (QED) is 0.586. The van der Waals surface area contributed by atoms with E-state index in [9.17, 15) is 0 Å². The molecule has 0 amide bonds. The second-order valence-corrected chi connectivity index (χ2v) is 7.49. The van der Waals surface area contributed by atoms with Crippen molar-refractivity contribution in [1.29, 1.82) is 0 Å². The Kier molecular flexibility index (Phi) is 6.02. The molecule has 1 aromatic heterocycles. The van der Waals surface area contributed by atoms with Gasteiger partial charge in [0.15, 0.2) is 0 Å². The molecular weight excluding hydrogens is 388 g/mol. The molecule has 1 atom stereocenters. The zero-order chi connectivity index (χ0) is 20.2. The van der Waals surface area contributed by atoms with E-state index in [1.54, 1.807) is 0 Å². The molecule has 1 saturated heterocycles.